The van der Waals surface area contributed by atoms with E-state index in [0.29, 0.717) is 17.6 Å². The summed E-state index contributed by atoms with van der Waals surface area (Å²) in [6.45, 7) is 6.52. The van der Waals surface area contributed by atoms with Crippen LogP contribution in [0.4, 0.5) is 5.69 Å². The lowest BCUT2D eigenvalue weighted by molar-refractivity contribution is -0.115. The van der Waals surface area contributed by atoms with Gasteiger partial charge in [0.2, 0.25) is 5.91 Å². The van der Waals surface area contributed by atoms with E-state index in [1.54, 1.807) is 4.57 Å². The van der Waals surface area contributed by atoms with E-state index in [1.807, 2.05) is 61.5 Å². The Bertz CT molecular complexity index is 1010. The first-order valence-electron chi connectivity index (χ1n) is 9.71. The molecular weight excluding hydrogens is 384 g/mol. The van der Waals surface area contributed by atoms with Crippen molar-refractivity contribution in [1.82, 2.24) is 14.8 Å². The molecule has 152 valence electrons. The smallest absolute Gasteiger partial charge is 0.325 e. The maximum Gasteiger partial charge on any atom is 0.343 e. The summed E-state index contributed by atoms with van der Waals surface area (Å²) in [6, 6.07) is 17.8. The van der Waals surface area contributed by atoms with E-state index in [-0.39, 0.29) is 11.6 Å². The van der Waals surface area contributed by atoms with Gasteiger partial charge in [-0.25, -0.2) is 9.89 Å². The molecule has 29 heavy (non-hydrogen) atoms. The molecule has 2 aromatic carbocycles. The summed E-state index contributed by atoms with van der Waals surface area (Å²) in [7, 11) is 0. The highest BCUT2D eigenvalue weighted by Crippen LogP contribution is 2.26. The second-order valence-corrected chi connectivity index (χ2v) is 8.50. The number of rotatable bonds is 8. The van der Waals surface area contributed by atoms with Crippen LogP contribution in [0.25, 0.3) is 0 Å². The third-order valence-corrected chi connectivity index (χ3v) is 5.77. The number of benzene rings is 2. The lowest BCUT2D eigenvalue weighted by Gasteiger charge is -2.16. The van der Waals surface area contributed by atoms with Gasteiger partial charge in [0.25, 0.3) is 0 Å². The zero-order valence-corrected chi connectivity index (χ0v) is 17.7. The summed E-state index contributed by atoms with van der Waals surface area (Å²) < 4.78 is 1.59. The van der Waals surface area contributed by atoms with Crippen molar-refractivity contribution in [2.45, 2.75) is 50.1 Å². The van der Waals surface area contributed by atoms with Gasteiger partial charge in [-0.3, -0.25) is 9.36 Å². The highest BCUT2D eigenvalue weighted by Gasteiger charge is 2.20. The standard InChI is InChI=1S/C22H26N4O2S/c1-15(2)18-11-7-8-12-19(18)23-20(27)16(3)29-22-25-24-21(28)26(22)14-13-17-9-5-4-6-10-17/h4-12,15-16H,13-14H2,1-3H3,(H,23,27)(H,24,28). The molecule has 6 nitrogen and oxygen atoms in total. The van der Waals surface area contributed by atoms with Crippen LogP contribution in [-0.4, -0.2) is 25.9 Å². The first kappa shape index (κ1) is 20.9. The third-order valence-electron chi connectivity index (χ3n) is 4.68. The number of carbonyl (C=O) groups is 1. The number of anilines is 1. The lowest BCUT2D eigenvalue weighted by Crippen LogP contribution is -2.25. The van der Waals surface area contributed by atoms with Crippen molar-refractivity contribution in [3.05, 3.63) is 76.2 Å². The van der Waals surface area contributed by atoms with Crippen LogP contribution in [0.1, 0.15) is 37.8 Å². The molecule has 2 N–H and O–H groups in total. The molecule has 0 bridgehead atoms. The minimum atomic E-state index is -0.402. The second-order valence-electron chi connectivity index (χ2n) is 7.19. The van der Waals surface area contributed by atoms with E-state index in [2.05, 4.69) is 29.4 Å². The molecule has 7 heteroatoms. The molecule has 1 amide bonds. The Morgan fingerprint density at radius 2 is 1.79 bits per heavy atom. The van der Waals surface area contributed by atoms with Crippen LogP contribution in [0.5, 0.6) is 0 Å². The molecule has 3 rings (SSSR count). The largest absolute Gasteiger partial charge is 0.343 e. The van der Waals surface area contributed by atoms with Gasteiger partial charge >= 0.3 is 5.69 Å². The zero-order chi connectivity index (χ0) is 20.8. The summed E-state index contributed by atoms with van der Waals surface area (Å²) in [4.78, 5) is 24.9. The number of hydrogen-bond acceptors (Lipinski definition) is 4. The molecule has 0 saturated heterocycles. The van der Waals surface area contributed by atoms with E-state index >= 15 is 0 Å². The van der Waals surface area contributed by atoms with Crippen LogP contribution in [0, 0.1) is 0 Å². The van der Waals surface area contributed by atoms with Crippen LogP contribution in [0.15, 0.2) is 64.5 Å². The van der Waals surface area contributed by atoms with E-state index in [0.717, 1.165) is 23.2 Å². The van der Waals surface area contributed by atoms with Crippen molar-refractivity contribution >= 4 is 23.4 Å². The van der Waals surface area contributed by atoms with E-state index < -0.39 is 5.25 Å². The number of aryl methyl sites for hydroxylation is 1. The maximum absolute atomic E-state index is 12.7. The Balaban J connectivity index is 1.67. The van der Waals surface area contributed by atoms with Crippen molar-refractivity contribution in [2.24, 2.45) is 0 Å². The van der Waals surface area contributed by atoms with Crippen LogP contribution in [-0.2, 0) is 17.8 Å². The number of amides is 1. The normalized spacial score (nSPS) is 12.1. The Morgan fingerprint density at radius 1 is 1.10 bits per heavy atom. The Kier molecular flexibility index (Phi) is 6.93. The van der Waals surface area contributed by atoms with Crippen LogP contribution in [0.3, 0.4) is 0 Å². The maximum atomic E-state index is 12.7. The lowest BCUT2D eigenvalue weighted by atomic mass is 10.0. The van der Waals surface area contributed by atoms with Crippen LogP contribution >= 0.6 is 11.8 Å². The Labute approximate surface area is 174 Å². The molecule has 0 aliphatic heterocycles. The summed E-state index contributed by atoms with van der Waals surface area (Å²) in [5.41, 5.74) is 2.80. The SMILES string of the molecule is CC(Sc1n[nH]c(=O)n1CCc1ccccc1)C(=O)Nc1ccccc1C(C)C. The van der Waals surface area contributed by atoms with Crippen LogP contribution < -0.4 is 11.0 Å². The summed E-state index contributed by atoms with van der Waals surface area (Å²) >= 11 is 1.28. The number of hydrogen-bond donors (Lipinski definition) is 2. The average molecular weight is 411 g/mol. The number of carbonyl (C=O) groups excluding carboxylic acids is 1. The van der Waals surface area contributed by atoms with Gasteiger partial charge in [0.05, 0.1) is 5.25 Å². The van der Waals surface area contributed by atoms with Crippen molar-refractivity contribution < 1.29 is 4.79 Å². The summed E-state index contributed by atoms with van der Waals surface area (Å²) in [5, 5.41) is 9.74. The number of H-pyrrole nitrogens is 1. The van der Waals surface area contributed by atoms with Gasteiger partial charge in [-0.05, 0) is 36.5 Å². The van der Waals surface area contributed by atoms with Crippen molar-refractivity contribution in [3.8, 4) is 0 Å². The van der Waals surface area contributed by atoms with Crippen molar-refractivity contribution in [2.75, 3.05) is 5.32 Å². The van der Waals surface area contributed by atoms with Gasteiger partial charge in [-0.1, -0.05) is 74.1 Å². The van der Waals surface area contributed by atoms with E-state index in [1.165, 1.54) is 11.8 Å². The topological polar surface area (TPSA) is 79.8 Å². The summed E-state index contributed by atoms with van der Waals surface area (Å²) in [5.74, 6) is 0.192. The molecule has 0 saturated carbocycles. The second kappa shape index (κ2) is 9.60. The molecule has 1 unspecified atom stereocenters. The number of aromatic amines is 1. The zero-order valence-electron chi connectivity index (χ0n) is 16.9. The molecule has 0 spiro atoms. The quantitative estimate of drug-likeness (QED) is 0.549. The molecule has 1 aromatic heterocycles. The molecular formula is C22H26N4O2S. The Morgan fingerprint density at radius 3 is 2.52 bits per heavy atom. The van der Waals surface area contributed by atoms with Crippen LogP contribution in [0.2, 0.25) is 0 Å². The minimum Gasteiger partial charge on any atom is -0.325 e. The predicted molar refractivity (Wildman–Crippen MR) is 117 cm³/mol. The van der Waals surface area contributed by atoms with Gasteiger partial charge in [0.15, 0.2) is 5.16 Å². The highest BCUT2D eigenvalue weighted by molar-refractivity contribution is 8.00. The number of para-hydroxylation sites is 1. The minimum absolute atomic E-state index is 0.117. The van der Waals surface area contributed by atoms with Gasteiger partial charge < -0.3 is 5.32 Å². The molecule has 3 aromatic rings. The highest BCUT2D eigenvalue weighted by atomic mass is 32.2. The molecule has 0 fully saturated rings. The average Bonchev–Trinajstić information content (AvgIpc) is 3.06. The molecule has 0 radical (unpaired) electrons. The Hall–Kier alpha value is -2.80. The van der Waals surface area contributed by atoms with Gasteiger partial charge in [0, 0.05) is 12.2 Å². The van der Waals surface area contributed by atoms with Gasteiger partial charge in [-0.15, -0.1) is 5.10 Å². The predicted octanol–water partition coefficient (Wildman–Crippen LogP) is 4.06. The first-order chi connectivity index (χ1) is 14.0. The number of nitrogens with zero attached hydrogens (tertiary/aromatic N) is 2. The third kappa shape index (κ3) is 5.38. The van der Waals surface area contributed by atoms with Gasteiger partial charge in [-0.2, -0.15) is 0 Å². The molecule has 1 heterocycles. The fourth-order valence-electron chi connectivity index (χ4n) is 3.04. The number of aromatic nitrogens is 3. The van der Waals surface area contributed by atoms with E-state index in [4.69, 9.17) is 0 Å². The first-order valence-corrected chi connectivity index (χ1v) is 10.6. The van der Waals surface area contributed by atoms with Gasteiger partial charge in [0.1, 0.15) is 0 Å². The van der Waals surface area contributed by atoms with E-state index in [9.17, 15) is 9.59 Å². The molecule has 0 aliphatic rings. The summed E-state index contributed by atoms with van der Waals surface area (Å²) in [6.07, 6.45) is 0.718. The molecule has 1 atom stereocenters. The van der Waals surface area contributed by atoms with Crippen molar-refractivity contribution in [1.29, 1.82) is 0 Å². The fourth-order valence-corrected chi connectivity index (χ4v) is 3.92. The number of thioether (sulfide) groups is 1. The number of nitrogens with one attached hydrogen (secondary N) is 2. The fraction of sp³-hybridized carbons (Fsp3) is 0.318. The molecule has 0 aliphatic carbocycles. The van der Waals surface area contributed by atoms with Crippen molar-refractivity contribution in [3.63, 3.8) is 0 Å². The monoisotopic (exact) mass is 410 g/mol.